The van der Waals surface area contributed by atoms with Crippen LogP contribution in [0.25, 0.3) is 16.7 Å². The van der Waals surface area contributed by atoms with Crippen LogP contribution in [0, 0.1) is 0 Å². The monoisotopic (exact) mass is 489 g/mol. The summed E-state index contributed by atoms with van der Waals surface area (Å²) in [6.07, 6.45) is 1.83. The number of aromatic amines is 1. The summed E-state index contributed by atoms with van der Waals surface area (Å²) in [4.78, 5) is 33.5. The van der Waals surface area contributed by atoms with E-state index < -0.39 is 17.7 Å². The number of aliphatic hydroxyl groups excluding tert-OH is 1. The number of amides is 1. The molecule has 1 aromatic heterocycles. The van der Waals surface area contributed by atoms with E-state index in [2.05, 4.69) is 25.8 Å². The van der Waals surface area contributed by atoms with Gasteiger partial charge in [0.25, 0.3) is 11.7 Å². The summed E-state index contributed by atoms with van der Waals surface area (Å²) in [5, 5.41) is 12.5. The Balaban J connectivity index is 1.92. The number of hydrogen-bond acceptors (Lipinski definition) is 5. The second-order valence-electron chi connectivity index (χ2n) is 10.5. The first kappa shape index (κ1) is 25.5. The van der Waals surface area contributed by atoms with Crippen LogP contribution in [0.1, 0.15) is 50.4 Å². The number of carbonyl (C=O) groups is 2. The van der Waals surface area contributed by atoms with Gasteiger partial charge in [-0.3, -0.25) is 9.59 Å². The normalized spacial score (nSPS) is 18.0. The van der Waals surface area contributed by atoms with Crippen LogP contribution in [0.3, 0.4) is 0 Å². The van der Waals surface area contributed by atoms with E-state index in [1.807, 2.05) is 68.5 Å². The van der Waals surface area contributed by atoms with E-state index >= 15 is 0 Å². The minimum Gasteiger partial charge on any atom is -0.507 e. The number of H-pyrrole nitrogens is 1. The number of carbonyl (C=O) groups excluding carboxylic acids is 2. The molecule has 2 aromatic carbocycles. The van der Waals surface area contributed by atoms with Crippen molar-refractivity contribution in [1.82, 2.24) is 14.8 Å². The highest BCUT2D eigenvalue weighted by atomic mass is 16.5. The van der Waals surface area contributed by atoms with E-state index in [9.17, 15) is 14.7 Å². The van der Waals surface area contributed by atoms with Crippen molar-refractivity contribution < 1.29 is 19.4 Å². The number of aromatic nitrogens is 1. The lowest BCUT2D eigenvalue weighted by Gasteiger charge is -2.26. The zero-order valence-electron chi connectivity index (χ0n) is 21.9. The third-order valence-corrected chi connectivity index (χ3v) is 6.60. The van der Waals surface area contributed by atoms with Crippen molar-refractivity contribution in [3.63, 3.8) is 0 Å². The molecule has 7 heteroatoms. The molecule has 1 aliphatic rings. The number of ketones is 1. The lowest BCUT2D eigenvalue weighted by molar-refractivity contribution is -0.140. The molecule has 0 aliphatic carbocycles. The zero-order chi connectivity index (χ0) is 26.2. The van der Waals surface area contributed by atoms with Crippen LogP contribution >= 0.6 is 0 Å². The first-order valence-electron chi connectivity index (χ1n) is 12.3. The van der Waals surface area contributed by atoms with E-state index in [0.717, 1.165) is 27.8 Å². The second kappa shape index (κ2) is 9.82. The minimum atomic E-state index is -0.703. The van der Waals surface area contributed by atoms with E-state index in [4.69, 9.17) is 4.74 Å². The number of nitrogens with one attached hydrogen (secondary N) is 1. The average Bonchev–Trinajstić information content (AvgIpc) is 3.35. The molecular weight excluding hydrogens is 454 g/mol. The molecule has 4 rings (SSSR count). The topological polar surface area (TPSA) is 85.9 Å². The highest BCUT2D eigenvalue weighted by Gasteiger charge is 2.46. The van der Waals surface area contributed by atoms with Gasteiger partial charge in [-0.25, -0.2) is 0 Å². The van der Waals surface area contributed by atoms with Crippen LogP contribution in [0.4, 0.5) is 0 Å². The van der Waals surface area contributed by atoms with Crippen molar-refractivity contribution in [1.29, 1.82) is 0 Å². The van der Waals surface area contributed by atoms with Gasteiger partial charge in [0.1, 0.15) is 11.5 Å². The van der Waals surface area contributed by atoms with Gasteiger partial charge in [-0.15, -0.1) is 0 Å². The maximum atomic E-state index is 13.4. The molecule has 0 bridgehead atoms. The summed E-state index contributed by atoms with van der Waals surface area (Å²) in [5.41, 5.74) is 2.94. The zero-order valence-corrected chi connectivity index (χ0v) is 21.9. The molecule has 190 valence electrons. The quantitative estimate of drug-likeness (QED) is 0.282. The largest absolute Gasteiger partial charge is 0.507 e. The predicted octanol–water partition coefficient (Wildman–Crippen LogP) is 4.85. The third kappa shape index (κ3) is 4.63. The molecule has 1 atom stereocenters. The van der Waals surface area contributed by atoms with Gasteiger partial charge in [0, 0.05) is 46.9 Å². The summed E-state index contributed by atoms with van der Waals surface area (Å²) in [6, 6.07) is 12.5. The smallest absolute Gasteiger partial charge is 0.295 e. The Morgan fingerprint density at radius 3 is 2.53 bits per heavy atom. The number of Topliss-reactive ketones (excluding diaryl/α,β-unsaturated/α-hetero) is 1. The van der Waals surface area contributed by atoms with Crippen LogP contribution in [0.5, 0.6) is 5.75 Å². The second-order valence-corrected chi connectivity index (χ2v) is 10.5. The Bertz CT molecular complexity index is 1330. The Morgan fingerprint density at radius 2 is 1.86 bits per heavy atom. The predicted molar refractivity (Wildman–Crippen MR) is 142 cm³/mol. The number of ether oxygens (including phenoxy) is 1. The summed E-state index contributed by atoms with van der Waals surface area (Å²) >= 11 is 0. The van der Waals surface area contributed by atoms with Crippen LogP contribution in [-0.4, -0.2) is 65.4 Å². The van der Waals surface area contributed by atoms with Crippen LogP contribution in [-0.2, 0) is 15.0 Å². The lowest BCUT2D eigenvalue weighted by Crippen LogP contribution is -2.35. The molecule has 36 heavy (non-hydrogen) atoms. The number of para-hydroxylation sites is 1. The minimum absolute atomic E-state index is 0.104. The lowest BCUT2D eigenvalue weighted by atomic mass is 9.84. The van der Waals surface area contributed by atoms with Gasteiger partial charge in [0.05, 0.1) is 18.2 Å². The molecule has 1 unspecified atom stereocenters. The number of benzene rings is 2. The molecule has 2 N–H and O–H groups in total. The van der Waals surface area contributed by atoms with Crippen molar-refractivity contribution in [2.24, 2.45) is 0 Å². The Hall–Kier alpha value is -3.58. The van der Waals surface area contributed by atoms with Gasteiger partial charge in [0.15, 0.2) is 0 Å². The number of likely N-dealkylation sites (N-methyl/N-ethyl adjacent to an activating group) is 1. The molecule has 7 nitrogen and oxygen atoms in total. The van der Waals surface area contributed by atoms with Gasteiger partial charge in [-0.1, -0.05) is 39.0 Å². The van der Waals surface area contributed by atoms with Crippen molar-refractivity contribution in [2.45, 2.75) is 39.2 Å². The molecule has 1 saturated heterocycles. The average molecular weight is 490 g/mol. The fraction of sp³-hybridized carbons (Fsp3) is 0.379. The number of nitrogens with zero attached hydrogens (tertiary/aromatic N) is 2. The number of fused-ring (bicyclic) bond motifs is 1. The molecular formula is C29H35N3O4. The van der Waals surface area contributed by atoms with Crippen LogP contribution < -0.4 is 4.74 Å². The first-order valence-corrected chi connectivity index (χ1v) is 12.3. The Kier molecular flexibility index (Phi) is 6.96. The maximum Gasteiger partial charge on any atom is 0.295 e. The van der Waals surface area contributed by atoms with Crippen molar-refractivity contribution in [3.05, 3.63) is 70.9 Å². The highest BCUT2D eigenvalue weighted by molar-refractivity contribution is 6.46. The fourth-order valence-electron chi connectivity index (χ4n) is 4.76. The number of rotatable bonds is 7. The summed E-state index contributed by atoms with van der Waals surface area (Å²) in [5.74, 6) is -0.714. The standard InChI is InChI=1S/C29H35N3O4/c1-7-36-23-13-12-18(16-21(23)29(2,3)4)26(33)24-25(20-17-30-22-11-9-8-10-19(20)22)32(15-14-31(5)6)28(35)27(24)34/h8-13,16-17,25,30,33H,7,14-15H2,1-6H3/b26-24+. The summed E-state index contributed by atoms with van der Waals surface area (Å²) in [6.45, 7) is 9.60. The van der Waals surface area contributed by atoms with Gasteiger partial charge in [-0.2, -0.15) is 0 Å². The van der Waals surface area contributed by atoms with Gasteiger partial charge < -0.3 is 24.6 Å². The number of likely N-dealkylation sites (tertiary alicyclic amines) is 1. The first-order chi connectivity index (χ1) is 17.0. The molecule has 1 amide bonds. The van der Waals surface area contributed by atoms with Crippen molar-refractivity contribution >= 4 is 28.4 Å². The van der Waals surface area contributed by atoms with E-state index in [-0.39, 0.29) is 16.7 Å². The third-order valence-electron chi connectivity index (χ3n) is 6.60. The van der Waals surface area contributed by atoms with Crippen LogP contribution in [0.15, 0.2) is 54.2 Å². The van der Waals surface area contributed by atoms with Gasteiger partial charge in [0.2, 0.25) is 0 Å². The van der Waals surface area contributed by atoms with Crippen molar-refractivity contribution in [2.75, 3.05) is 33.8 Å². The molecule has 1 fully saturated rings. The van der Waals surface area contributed by atoms with Gasteiger partial charge >= 0.3 is 0 Å². The SMILES string of the molecule is CCOc1ccc(/C(O)=C2\C(=O)C(=O)N(CCN(C)C)C2c2c[nH]c3ccccc23)cc1C(C)(C)C. The Morgan fingerprint density at radius 1 is 1.14 bits per heavy atom. The Labute approximate surface area is 212 Å². The molecule has 1 aliphatic heterocycles. The number of hydrogen-bond donors (Lipinski definition) is 2. The highest BCUT2D eigenvalue weighted by Crippen LogP contribution is 2.43. The maximum absolute atomic E-state index is 13.4. The molecule has 0 spiro atoms. The van der Waals surface area contributed by atoms with Crippen molar-refractivity contribution in [3.8, 4) is 5.75 Å². The molecule has 0 saturated carbocycles. The molecule has 3 aromatic rings. The fourth-order valence-corrected chi connectivity index (χ4v) is 4.76. The summed E-state index contributed by atoms with van der Waals surface area (Å²) in [7, 11) is 3.84. The van der Waals surface area contributed by atoms with Crippen LogP contribution in [0.2, 0.25) is 0 Å². The molecule has 2 heterocycles. The summed E-state index contributed by atoms with van der Waals surface area (Å²) < 4.78 is 5.83. The molecule has 0 radical (unpaired) electrons. The van der Waals surface area contributed by atoms with E-state index in [0.29, 0.717) is 25.3 Å². The van der Waals surface area contributed by atoms with E-state index in [1.165, 1.54) is 0 Å². The van der Waals surface area contributed by atoms with Gasteiger partial charge in [-0.05, 0) is 50.7 Å². The number of aliphatic hydroxyl groups is 1. The van der Waals surface area contributed by atoms with E-state index in [1.54, 1.807) is 11.0 Å².